The topological polar surface area (TPSA) is 60.4 Å². The lowest BCUT2D eigenvalue weighted by atomic mass is 10.1. The van der Waals surface area contributed by atoms with Crippen LogP contribution in [-0.2, 0) is 0 Å². The van der Waals surface area contributed by atoms with E-state index in [4.69, 9.17) is 0 Å². The third-order valence-electron chi connectivity index (χ3n) is 3.34. The first-order chi connectivity index (χ1) is 9.74. The minimum Gasteiger partial charge on any atom is -0.210 e. The third-order valence-corrected chi connectivity index (χ3v) is 3.34. The van der Waals surface area contributed by atoms with E-state index in [0.29, 0.717) is 0 Å². The van der Waals surface area contributed by atoms with Gasteiger partial charge in [0.1, 0.15) is 5.82 Å². The van der Waals surface area contributed by atoms with Crippen LogP contribution in [-0.4, -0.2) is 29.4 Å². The van der Waals surface area contributed by atoms with Crippen LogP contribution < -0.4 is 0 Å². The van der Waals surface area contributed by atoms with Crippen LogP contribution in [0.2, 0.25) is 0 Å². The highest BCUT2D eigenvalue weighted by Crippen LogP contribution is 2.20. The number of hydrogen-bond donors (Lipinski definition) is 0. The molecule has 0 unspecified atom stereocenters. The van der Waals surface area contributed by atoms with Crippen molar-refractivity contribution < 1.29 is 0 Å². The Hall–Kier alpha value is -2.76. The standard InChI is InChI=1S/C14H12N6/c1-9-4-3-5-11(8-9)14-18-17-13-7-6-12-16-15-10(2)19(12)20(13)14/h3-8H,1-2H3. The van der Waals surface area contributed by atoms with Gasteiger partial charge in [-0.2, -0.15) is 0 Å². The molecule has 6 heteroatoms. The maximum atomic E-state index is 4.31. The van der Waals surface area contributed by atoms with E-state index in [1.165, 1.54) is 5.56 Å². The van der Waals surface area contributed by atoms with Crippen LogP contribution in [0.3, 0.4) is 0 Å². The number of aromatic nitrogens is 6. The molecular formula is C14H12N6. The Balaban J connectivity index is 2.15. The fourth-order valence-corrected chi connectivity index (χ4v) is 2.43. The van der Waals surface area contributed by atoms with Crippen molar-refractivity contribution in [2.24, 2.45) is 0 Å². The minimum atomic E-state index is 0.775. The summed E-state index contributed by atoms with van der Waals surface area (Å²) in [5, 5.41) is 16.8. The second kappa shape index (κ2) is 3.86. The molecule has 0 N–H and O–H groups in total. The van der Waals surface area contributed by atoms with Gasteiger partial charge < -0.3 is 0 Å². The van der Waals surface area contributed by atoms with E-state index in [9.17, 15) is 0 Å². The van der Waals surface area contributed by atoms with Crippen molar-refractivity contribution in [3.05, 3.63) is 47.8 Å². The average Bonchev–Trinajstić information content (AvgIpc) is 3.02. The summed E-state index contributed by atoms with van der Waals surface area (Å²) >= 11 is 0. The predicted octanol–water partition coefficient (Wildman–Crippen LogP) is 2.06. The van der Waals surface area contributed by atoms with Crippen LogP contribution in [0, 0.1) is 13.8 Å². The summed E-state index contributed by atoms with van der Waals surface area (Å²) in [7, 11) is 0. The zero-order valence-electron chi connectivity index (χ0n) is 11.1. The van der Waals surface area contributed by atoms with Gasteiger partial charge in [-0.15, -0.1) is 20.4 Å². The Kier molecular flexibility index (Phi) is 2.14. The van der Waals surface area contributed by atoms with E-state index < -0.39 is 0 Å². The number of hydrogen-bond acceptors (Lipinski definition) is 4. The van der Waals surface area contributed by atoms with Crippen LogP contribution in [0.4, 0.5) is 0 Å². The van der Waals surface area contributed by atoms with Gasteiger partial charge in [0.15, 0.2) is 17.1 Å². The van der Waals surface area contributed by atoms with Gasteiger partial charge in [-0.05, 0) is 32.0 Å². The fraction of sp³-hybridized carbons (Fsp3) is 0.143. The first-order valence-corrected chi connectivity index (χ1v) is 6.37. The van der Waals surface area contributed by atoms with Gasteiger partial charge in [-0.3, -0.25) is 0 Å². The highest BCUT2D eigenvalue weighted by atomic mass is 15.5. The van der Waals surface area contributed by atoms with Gasteiger partial charge in [-0.1, -0.05) is 23.8 Å². The molecule has 0 fully saturated rings. The molecule has 20 heavy (non-hydrogen) atoms. The molecule has 0 atom stereocenters. The van der Waals surface area contributed by atoms with Crippen molar-refractivity contribution in [1.82, 2.24) is 29.4 Å². The van der Waals surface area contributed by atoms with Crippen LogP contribution in [0.1, 0.15) is 11.4 Å². The Morgan fingerprint density at radius 1 is 0.800 bits per heavy atom. The molecule has 4 rings (SSSR count). The summed E-state index contributed by atoms with van der Waals surface area (Å²) < 4.78 is 3.87. The van der Waals surface area contributed by atoms with Crippen LogP contribution in [0.25, 0.3) is 22.7 Å². The smallest absolute Gasteiger partial charge is 0.183 e. The van der Waals surface area contributed by atoms with E-state index in [0.717, 1.165) is 28.5 Å². The summed E-state index contributed by atoms with van der Waals surface area (Å²) in [6.45, 7) is 3.98. The van der Waals surface area contributed by atoms with Gasteiger partial charge in [0.25, 0.3) is 0 Å². The minimum absolute atomic E-state index is 0.775. The molecule has 4 aromatic rings. The summed E-state index contributed by atoms with van der Waals surface area (Å²) in [6, 6.07) is 12.0. The highest BCUT2D eigenvalue weighted by Gasteiger charge is 2.13. The fourth-order valence-electron chi connectivity index (χ4n) is 2.43. The van der Waals surface area contributed by atoms with Crippen molar-refractivity contribution in [3.63, 3.8) is 0 Å². The Morgan fingerprint density at radius 2 is 1.55 bits per heavy atom. The summed E-state index contributed by atoms with van der Waals surface area (Å²) in [5.41, 5.74) is 3.77. The van der Waals surface area contributed by atoms with E-state index in [2.05, 4.69) is 39.5 Å². The van der Waals surface area contributed by atoms with Gasteiger partial charge in [0.05, 0.1) is 0 Å². The van der Waals surface area contributed by atoms with E-state index in [-0.39, 0.29) is 0 Å². The maximum Gasteiger partial charge on any atom is 0.183 e. The normalized spacial score (nSPS) is 11.5. The molecule has 0 radical (unpaired) electrons. The number of rotatable bonds is 1. The van der Waals surface area contributed by atoms with E-state index in [1.54, 1.807) is 0 Å². The van der Waals surface area contributed by atoms with E-state index >= 15 is 0 Å². The Morgan fingerprint density at radius 3 is 2.35 bits per heavy atom. The molecule has 0 saturated heterocycles. The molecule has 6 nitrogen and oxygen atoms in total. The molecule has 0 aliphatic heterocycles. The number of aryl methyl sites for hydroxylation is 2. The molecule has 1 aromatic carbocycles. The molecule has 0 saturated carbocycles. The van der Waals surface area contributed by atoms with Crippen molar-refractivity contribution in [1.29, 1.82) is 0 Å². The van der Waals surface area contributed by atoms with Crippen molar-refractivity contribution in [3.8, 4) is 11.4 Å². The van der Waals surface area contributed by atoms with Gasteiger partial charge in [0, 0.05) is 5.56 Å². The molecule has 3 heterocycles. The van der Waals surface area contributed by atoms with Crippen molar-refractivity contribution in [2.45, 2.75) is 13.8 Å². The van der Waals surface area contributed by atoms with Gasteiger partial charge >= 0.3 is 0 Å². The lowest BCUT2D eigenvalue weighted by molar-refractivity contribution is 0.813. The number of fused-ring (bicyclic) bond motifs is 3. The summed E-state index contributed by atoms with van der Waals surface area (Å²) in [5.74, 6) is 1.59. The first kappa shape index (κ1) is 11.1. The second-order valence-electron chi connectivity index (χ2n) is 4.81. The molecule has 3 aromatic heterocycles. The first-order valence-electron chi connectivity index (χ1n) is 6.37. The van der Waals surface area contributed by atoms with Crippen molar-refractivity contribution >= 4 is 11.3 Å². The quantitative estimate of drug-likeness (QED) is 0.528. The average molecular weight is 264 g/mol. The lowest BCUT2D eigenvalue weighted by Crippen LogP contribution is -2.03. The number of benzene rings is 1. The number of nitrogens with zero attached hydrogens (tertiary/aromatic N) is 6. The molecule has 0 bridgehead atoms. The van der Waals surface area contributed by atoms with Crippen LogP contribution in [0.5, 0.6) is 0 Å². The predicted molar refractivity (Wildman–Crippen MR) is 74.4 cm³/mol. The maximum absolute atomic E-state index is 4.31. The van der Waals surface area contributed by atoms with Gasteiger partial charge in [0.2, 0.25) is 0 Å². The third kappa shape index (κ3) is 1.45. The van der Waals surface area contributed by atoms with Gasteiger partial charge in [-0.25, -0.2) is 9.03 Å². The Bertz CT molecular complexity index is 933. The Labute approximate surface area is 114 Å². The zero-order valence-corrected chi connectivity index (χ0v) is 11.1. The summed E-state index contributed by atoms with van der Waals surface area (Å²) in [4.78, 5) is 0. The lowest BCUT2D eigenvalue weighted by Gasteiger charge is -2.04. The molecule has 0 spiro atoms. The SMILES string of the molecule is Cc1cccc(-c2nnc3ccc4nnc(C)n4n23)c1. The monoisotopic (exact) mass is 264 g/mol. The zero-order chi connectivity index (χ0) is 13.7. The summed E-state index contributed by atoms with van der Waals surface area (Å²) in [6.07, 6.45) is 0. The molecule has 0 amide bonds. The largest absolute Gasteiger partial charge is 0.210 e. The molecule has 0 aliphatic carbocycles. The molecule has 0 aliphatic rings. The molecular weight excluding hydrogens is 252 g/mol. The van der Waals surface area contributed by atoms with Crippen LogP contribution in [0.15, 0.2) is 36.4 Å². The highest BCUT2D eigenvalue weighted by molar-refractivity contribution is 5.61. The second-order valence-corrected chi connectivity index (χ2v) is 4.81. The molecule has 98 valence electrons. The van der Waals surface area contributed by atoms with E-state index in [1.807, 2.05) is 40.2 Å². The van der Waals surface area contributed by atoms with Crippen LogP contribution >= 0.6 is 0 Å². The van der Waals surface area contributed by atoms with Crippen molar-refractivity contribution in [2.75, 3.05) is 0 Å².